The number of amides is 3. The van der Waals surface area contributed by atoms with E-state index in [1.54, 1.807) is 40.4 Å². The van der Waals surface area contributed by atoms with Gasteiger partial charge in [0.15, 0.2) is 0 Å². The normalized spacial score (nSPS) is 23.7. The maximum Gasteiger partial charge on any atom is 0.410 e. The van der Waals surface area contributed by atoms with Crippen LogP contribution in [-0.2, 0) is 14.3 Å². The molecule has 0 unspecified atom stereocenters. The predicted octanol–water partition coefficient (Wildman–Crippen LogP) is 4.59. The van der Waals surface area contributed by atoms with Crippen LogP contribution >= 0.6 is 0 Å². The molecule has 4 aliphatic rings. The molecule has 4 aliphatic heterocycles. The fourth-order valence-corrected chi connectivity index (χ4v) is 6.44. The third kappa shape index (κ3) is 11.3. The molecule has 4 fully saturated rings. The molecular formula is C33H56F6N6O4. The minimum absolute atomic E-state index is 0.0137. The molecule has 4 rings (SSSR count). The molecule has 0 aromatic rings. The zero-order valence-corrected chi connectivity index (χ0v) is 30.1. The summed E-state index contributed by atoms with van der Waals surface area (Å²) >= 11 is 0. The summed E-state index contributed by atoms with van der Waals surface area (Å²) in [4.78, 5) is 46.0. The largest absolute Gasteiger partial charge is 0.444 e. The molecule has 0 radical (unpaired) electrons. The van der Waals surface area contributed by atoms with Gasteiger partial charge in [-0.05, 0) is 80.7 Å². The molecule has 4 saturated heterocycles. The fraction of sp³-hybridized carbons (Fsp3) is 0.909. The topological polar surface area (TPSA) is 88.7 Å². The van der Waals surface area contributed by atoms with Gasteiger partial charge in [0.05, 0.1) is 16.9 Å². The molecule has 2 atom stereocenters. The number of carbonyl (C=O) groups excluding carboxylic acids is 3. The molecule has 0 aromatic heterocycles. The highest BCUT2D eigenvalue weighted by molar-refractivity contribution is 5.86. The van der Waals surface area contributed by atoms with Gasteiger partial charge in [-0.3, -0.25) is 24.3 Å². The number of nitrogens with zero attached hydrogens (tertiary/aromatic N) is 5. The molecule has 0 aliphatic carbocycles. The number of hydrogen-bond donors (Lipinski definition) is 1. The van der Waals surface area contributed by atoms with Crippen molar-refractivity contribution in [2.45, 2.75) is 104 Å². The van der Waals surface area contributed by atoms with E-state index < -0.39 is 40.9 Å². The number of rotatable bonds is 6. The first-order valence-electron chi connectivity index (χ1n) is 17.3. The number of carbonyl (C=O) groups is 3. The Morgan fingerprint density at radius 2 is 1.08 bits per heavy atom. The lowest BCUT2D eigenvalue weighted by Gasteiger charge is -2.40. The summed E-state index contributed by atoms with van der Waals surface area (Å²) in [6.07, 6.45) is -5.77. The van der Waals surface area contributed by atoms with Crippen LogP contribution in [0.1, 0.15) is 74.1 Å². The maximum absolute atomic E-state index is 13.1. The second-order valence-corrected chi connectivity index (χ2v) is 15.9. The van der Waals surface area contributed by atoms with Crippen LogP contribution in [0.25, 0.3) is 0 Å². The monoisotopic (exact) mass is 714 g/mol. The van der Waals surface area contributed by atoms with Gasteiger partial charge in [-0.25, -0.2) is 4.79 Å². The van der Waals surface area contributed by atoms with Crippen LogP contribution in [0.4, 0.5) is 31.1 Å². The SMILES string of the molecule is CC(C)(C)OC(=O)N1CCC[C@H]1C(=O)N1CCN(CC(C)(C)C(F)(F)F)CC1.CC(C)(CN1CCN(C(=O)[C@@H]2CCCN2)CC1)C(F)(F)F. The first-order valence-corrected chi connectivity index (χ1v) is 17.3. The number of ether oxygens (including phenoxy) is 1. The van der Waals surface area contributed by atoms with E-state index in [2.05, 4.69) is 5.32 Å². The van der Waals surface area contributed by atoms with Gasteiger partial charge in [0.2, 0.25) is 11.8 Å². The lowest BCUT2D eigenvalue weighted by molar-refractivity contribution is -0.218. The van der Waals surface area contributed by atoms with Crippen LogP contribution in [0.5, 0.6) is 0 Å². The van der Waals surface area contributed by atoms with Crippen molar-refractivity contribution < 1.29 is 45.5 Å². The van der Waals surface area contributed by atoms with Crippen molar-refractivity contribution in [3.8, 4) is 0 Å². The molecule has 0 spiro atoms. The molecule has 0 aromatic carbocycles. The van der Waals surface area contributed by atoms with Crippen LogP contribution in [0.2, 0.25) is 0 Å². The highest BCUT2D eigenvalue weighted by atomic mass is 19.4. The molecule has 0 bridgehead atoms. The number of likely N-dealkylation sites (tertiary alicyclic amines) is 1. The minimum atomic E-state index is -4.27. The Morgan fingerprint density at radius 3 is 1.47 bits per heavy atom. The first-order chi connectivity index (χ1) is 22.4. The lowest BCUT2D eigenvalue weighted by atomic mass is 9.91. The summed E-state index contributed by atoms with van der Waals surface area (Å²) < 4.78 is 83.4. The highest BCUT2D eigenvalue weighted by Gasteiger charge is 2.49. The zero-order valence-electron chi connectivity index (χ0n) is 30.1. The average molecular weight is 715 g/mol. The van der Waals surface area contributed by atoms with E-state index in [0.29, 0.717) is 65.3 Å². The van der Waals surface area contributed by atoms with Gasteiger partial charge >= 0.3 is 18.4 Å². The lowest BCUT2D eigenvalue weighted by Crippen LogP contribution is -2.56. The van der Waals surface area contributed by atoms with Crippen molar-refractivity contribution in [2.75, 3.05) is 78.5 Å². The second kappa shape index (κ2) is 15.9. The van der Waals surface area contributed by atoms with Crippen molar-refractivity contribution in [3.63, 3.8) is 0 Å². The summed E-state index contributed by atoms with van der Waals surface area (Å²) in [5, 5.41) is 3.17. The van der Waals surface area contributed by atoms with Crippen molar-refractivity contribution in [2.24, 2.45) is 10.8 Å². The summed E-state index contributed by atoms with van der Waals surface area (Å²) in [5.74, 6) is -0.0414. The Labute approximate surface area is 286 Å². The Balaban J connectivity index is 0.000000276. The van der Waals surface area contributed by atoms with Gasteiger partial charge in [0, 0.05) is 72.0 Å². The molecule has 1 N–H and O–H groups in total. The molecule has 16 heteroatoms. The van der Waals surface area contributed by atoms with Gasteiger partial charge in [0.25, 0.3) is 0 Å². The highest BCUT2D eigenvalue weighted by Crippen LogP contribution is 2.39. The Kier molecular flexibility index (Phi) is 13.3. The maximum atomic E-state index is 13.1. The van der Waals surface area contributed by atoms with Crippen LogP contribution in [0.15, 0.2) is 0 Å². The third-order valence-electron chi connectivity index (χ3n) is 9.66. The molecule has 4 heterocycles. The van der Waals surface area contributed by atoms with Gasteiger partial charge in [0.1, 0.15) is 11.6 Å². The van der Waals surface area contributed by atoms with E-state index in [0.717, 1.165) is 25.8 Å². The third-order valence-corrected chi connectivity index (χ3v) is 9.66. The first kappa shape index (κ1) is 41.1. The Morgan fingerprint density at radius 1 is 0.633 bits per heavy atom. The molecule has 49 heavy (non-hydrogen) atoms. The van der Waals surface area contributed by atoms with E-state index >= 15 is 0 Å². The van der Waals surface area contributed by atoms with E-state index in [1.807, 2.05) is 0 Å². The smallest absolute Gasteiger partial charge is 0.410 e. The fourth-order valence-electron chi connectivity index (χ4n) is 6.44. The van der Waals surface area contributed by atoms with E-state index in [4.69, 9.17) is 4.74 Å². The number of alkyl halides is 6. The van der Waals surface area contributed by atoms with Gasteiger partial charge in [-0.2, -0.15) is 26.3 Å². The van der Waals surface area contributed by atoms with Crippen LogP contribution in [-0.4, -0.2) is 151 Å². The van der Waals surface area contributed by atoms with E-state index in [-0.39, 0.29) is 30.9 Å². The predicted molar refractivity (Wildman–Crippen MR) is 173 cm³/mol. The standard InChI is InChI=1S/C19H32F3N3O3.C14H24F3N3O/c1-17(2,3)28-16(27)25-8-6-7-14(25)15(26)24-11-9-23(10-12-24)13-18(4,5)19(20,21)22;1-13(2,14(15,16)17)10-19-6-8-20(9-7-19)12(21)11-4-3-5-18-11/h14H,6-13H2,1-5H3;11,18H,3-10H2,1-2H3/t14-;11-/m00/s1. The van der Waals surface area contributed by atoms with Gasteiger partial charge in [-0.1, -0.05) is 0 Å². The number of nitrogens with one attached hydrogen (secondary N) is 1. The average Bonchev–Trinajstić information content (AvgIpc) is 3.68. The quantitative estimate of drug-likeness (QED) is 0.403. The van der Waals surface area contributed by atoms with Crippen LogP contribution in [0.3, 0.4) is 0 Å². The molecule has 0 saturated carbocycles. The van der Waals surface area contributed by atoms with E-state index in [1.165, 1.54) is 32.6 Å². The Bertz CT molecular complexity index is 1120. The zero-order chi connectivity index (χ0) is 37.0. The molecular weight excluding hydrogens is 658 g/mol. The second-order valence-electron chi connectivity index (χ2n) is 15.9. The molecule has 10 nitrogen and oxygen atoms in total. The van der Waals surface area contributed by atoms with Gasteiger partial charge < -0.3 is 19.9 Å². The summed E-state index contributed by atoms with van der Waals surface area (Å²) in [5.41, 5.74) is -4.14. The minimum Gasteiger partial charge on any atom is -0.444 e. The number of piperazine rings is 2. The van der Waals surface area contributed by atoms with Crippen LogP contribution < -0.4 is 5.32 Å². The van der Waals surface area contributed by atoms with Crippen molar-refractivity contribution in [1.82, 2.24) is 29.8 Å². The Hall–Kier alpha value is -2.33. The number of hydrogen-bond acceptors (Lipinski definition) is 7. The molecule has 284 valence electrons. The van der Waals surface area contributed by atoms with Crippen LogP contribution in [0, 0.1) is 10.8 Å². The summed E-state index contributed by atoms with van der Waals surface area (Å²) in [6.45, 7) is 15.0. The van der Waals surface area contributed by atoms with Crippen molar-refractivity contribution in [1.29, 1.82) is 0 Å². The van der Waals surface area contributed by atoms with Crippen molar-refractivity contribution in [3.05, 3.63) is 0 Å². The molecule has 3 amide bonds. The summed E-state index contributed by atoms with van der Waals surface area (Å²) in [6, 6.07) is -0.642. The number of halogens is 6. The van der Waals surface area contributed by atoms with Gasteiger partial charge in [-0.15, -0.1) is 0 Å². The van der Waals surface area contributed by atoms with E-state index in [9.17, 15) is 40.7 Å². The summed E-state index contributed by atoms with van der Waals surface area (Å²) in [7, 11) is 0. The van der Waals surface area contributed by atoms with Crippen molar-refractivity contribution >= 4 is 17.9 Å².